The minimum Gasteiger partial charge on any atom is -0.466 e. The Bertz CT molecular complexity index is 288. The molecular weight excluding hydrogens is 164 g/mol. The molecule has 2 heteroatoms. The van der Waals surface area contributed by atoms with Gasteiger partial charge in [0.15, 0.2) is 0 Å². The molecule has 1 unspecified atom stereocenters. The summed E-state index contributed by atoms with van der Waals surface area (Å²) in [4.78, 5) is 10.8. The molecule has 2 nitrogen and oxygen atoms in total. The van der Waals surface area contributed by atoms with E-state index in [1.54, 1.807) is 0 Å². The van der Waals surface area contributed by atoms with E-state index in [9.17, 15) is 4.79 Å². The molecule has 1 aromatic heterocycles. The molecule has 0 N–H and O–H groups in total. The highest BCUT2D eigenvalue weighted by Gasteiger charge is 2.22. The average Bonchev–Trinajstić information content (AvgIpc) is 2.51. The maximum absolute atomic E-state index is 10.8. The summed E-state index contributed by atoms with van der Waals surface area (Å²) < 4.78 is 5.42. The van der Waals surface area contributed by atoms with E-state index in [2.05, 4.69) is 0 Å². The van der Waals surface area contributed by atoms with Crippen LogP contribution >= 0.6 is 0 Å². The Morgan fingerprint density at radius 1 is 1.54 bits per heavy atom. The van der Waals surface area contributed by atoms with Gasteiger partial charge in [-0.2, -0.15) is 0 Å². The van der Waals surface area contributed by atoms with Gasteiger partial charge in [-0.15, -0.1) is 0 Å². The Morgan fingerprint density at radius 2 is 2.23 bits per heavy atom. The van der Waals surface area contributed by atoms with Crippen molar-refractivity contribution in [1.82, 2.24) is 0 Å². The maximum Gasteiger partial charge on any atom is 0.126 e. The van der Waals surface area contributed by atoms with Crippen LogP contribution in [-0.2, 0) is 11.2 Å². The van der Waals surface area contributed by atoms with Crippen LogP contribution in [0.15, 0.2) is 16.5 Å². The fourth-order valence-corrected chi connectivity index (χ4v) is 1.23. The van der Waals surface area contributed by atoms with Crippen LogP contribution in [0.1, 0.15) is 31.8 Å². The van der Waals surface area contributed by atoms with Crippen LogP contribution in [0.25, 0.3) is 0 Å². The van der Waals surface area contributed by atoms with E-state index in [4.69, 9.17) is 4.42 Å². The summed E-state index contributed by atoms with van der Waals surface area (Å²) in [6, 6.07) is 3.86. The Kier molecular flexibility index (Phi) is 2.91. The van der Waals surface area contributed by atoms with E-state index in [1.165, 1.54) is 0 Å². The van der Waals surface area contributed by atoms with Crippen LogP contribution < -0.4 is 0 Å². The van der Waals surface area contributed by atoms with Gasteiger partial charge < -0.3 is 9.21 Å². The zero-order valence-electron chi connectivity index (χ0n) is 8.46. The molecule has 0 saturated heterocycles. The zero-order chi connectivity index (χ0) is 9.90. The summed E-state index contributed by atoms with van der Waals surface area (Å²) in [6.45, 7) is 5.88. The van der Waals surface area contributed by atoms with Crippen LogP contribution in [0.2, 0.25) is 0 Å². The lowest BCUT2D eigenvalue weighted by atomic mass is 9.85. The first kappa shape index (κ1) is 10.0. The van der Waals surface area contributed by atoms with Gasteiger partial charge >= 0.3 is 0 Å². The standard InChI is InChI=1S/C11H16O2/c1-4-11(3,8-12)7-10-6-5-9(2)13-10/h5-6,8H,4,7H2,1-3H3. The minimum atomic E-state index is -0.274. The second-order valence-corrected chi connectivity index (χ2v) is 3.81. The molecular formula is C11H16O2. The monoisotopic (exact) mass is 180 g/mol. The van der Waals surface area contributed by atoms with Gasteiger partial charge in [0.05, 0.1) is 0 Å². The van der Waals surface area contributed by atoms with Crippen LogP contribution in [0.4, 0.5) is 0 Å². The Hall–Kier alpha value is -1.05. The summed E-state index contributed by atoms with van der Waals surface area (Å²) in [5.41, 5.74) is -0.274. The Balaban J connectivity index is 2.72. The second kappa shape index (κ2) is 3.77. The third-order valence-electron chi connectivity index (χ3n) is 2.47. The molecule has 72 valence electrons. The smallest absolute Gasteiger partial charge is 0.126 e. The molecule has 1 atom stereocenters. The number of aldehydes is 1. The normalized spacial score (nSPS) is 15.3. The Morgan fingerprint density at radius 3 is 2.62 bits per heavy atom. The van der Waals surface area contributed by atoms with Gasteiger partial charge in [0.1, 0.15) is 17.8 Å². The summed E-state index contributed by atoms with van der Waals surface area (Å²) in [7, 11) is 0. The van der Waals surface area contributed by atoms with E-state index >= 15 is 0 Å². The second-order valence-electron chi connectivity index (χ2n) is 3.81. The fourth-order valence-electron chi connectivity index (χ4n) is 1.23. The zero-order valence-corrected chi connectivity index (χ0v) is 8.46. The van der Waals surface area contributed by atoms with Gasteiger partial charge in [0.25, 0.3) is 0 Å². The highest BCUT2D eigenvalue weighted by Crippen LogP contribution is 2.24. The summed E-state index contributed by atoms with van der Waals surface area (Å²) in [5.74, 6) is 1.80. The number of hydrogen-bond acceptors (Lipinski definition) is 2. The molecule has 0 spiro atoms. The lowest BCUT2D eigenvalue weighted by Crippen LogP contribution is -2.19. The average molecular weight is 180 g/mol. The van der Waals surface area contributed by atoms with Crippen molar-refractivity contribution in [3.8, 4) is 0 Å². The summed E-state index contributed by atoms with van der Waals surface area (Å²) >= 11 is 0. The van der Waals surface area contributed by atoms with Crippen molar-refractivity contribution in [2.45, 2.75) is 33.6 Å². The number of hydrogen-bond donors (Lipinski definition) is 0. The summed E-state index contributed by atoms with van der Waals surface area (Å²) in [5, 5.41) is 0. The summed E-state index contributed by atoms with van der Waals surface area (Å²) in [6.07, 6.45) is 2.56. The minimum absolute atomic E-state index is 0.274. The molecule has 0 amide bonds. The van der Waals surface area contributed by atoms with E-state index < -0.39 is 0 Å². The molecule has 0 fully saturated rings. The van der Waals surface area contributed by atoms with Crippen molar-refractivity contribution in [2.24, 2.45) is 5.41 Å². The van der Waals surface area contributed by atoms with Gasteiger partial charge in [-0.3, -0.25) is 0 Å². The predicted molar refractivity (Wildman–Crippen MR) is 51.6 cm³/mol. The number of aryl methyl sites for hydroxylation is 1. The first-order chi connectivity index (χ1) is 6.09. The molecule has 0 aromatic carbocycles. The molecule has 0 aliphatic carbocycles. The predicted octanol–water partition coefficient (Wildman–Crippen LogP) is 2.75. The first-order valence-electron chi connectivity index (χ1n) is 4.61. The van der Waals surface area contributed by atoms with Crippen LogP contribution in [0.5, 0.6) is 0 Å². The molecule has 0 bridgehead atoms. The van der Waals surface area contributed by atoms with Crippen LogP contribution in [0, 0.1) is 12.3 Å². The van der Waals surface area contributed by atoms with Crippen molar-refractivity contribution in [2.75, 3.05) is 0 Å². The third-order valence-corrected chi connectivity index (χ3v) is 2.47. The van der Waals surface area contributed by atoms with Gasteiger partial charge in [-0.25, -0.2) is 0 Å². The first-order valence-corrected chi connectivity index (χ1v) is 4.61. The van der Waals surface area contributed by atoms with E-state index in [1.807, 2.05) is 32.9 Å². The van der Waals surface area contributed by atoms with Crippen molar-refractivity contribution in [1.29, 1.82) is 0 Å². The quantitative estimate of drug-likeness (QED) is 0.667. The molecule has 13 heavy (non-hydrogen) atoms. The van der Waals surface area contributed by atoms with E-state index in [-0.39, 0.29) is 5.41 Å². The molecule has 0 aliphatic rings. The number of carbonyl (C=O) groups is 1. The van der Waals surface area contributed by atoms with Crippen LogP contribution in [-0.4, -0.2) is 6.29 Å². The van der Waals surface area contributed by atoms with E-state index in [0.717, 1.165) is 24.2 Å². The van der Waals surface area contributed by atoms with Gasteiger partial charge in [0, 0.05) is 11.8 Å². The fraction of sp³-hybridized carbons (Fsp3) is 0.545. The molecule has 0 saturated carbocycles. The van der Waals surface area contributed by atoms with E-state index in [0.29, 0.717) is 6.42 Å². The highest BCUT2D eigenvalue weighted by molar-refractivity contribution is 5.59. The molecule has 1 heterocycles. The molecule has 1 aromatic rings. The highest BCUT2D eigenvalue weighted by atomic mass is 16.3. The third kappa shape index (κ3) is 2.44. The Labute approximate surface area is 78.9 Å². The van der Waals surface area contributed by atoms with Crippen molar-refractivity contribution in [3.05, 3.63) is 23.7 Å². The largest absolute Gasteiger partial charge is 0.466 e. The lowest BCUT2D eigenvalue weighted by Gasteiger charge is -2.18. The van der Waals surface area contributed by atoms with Gasteiger partial charge in [-0.1, -0.05) is 13.8 Å². The van der Waals surface area contributed by atoms with Crippen molar-refractivity contribution >= 4 is 6.29 Å². The van der Waals surface area contributed by atoms with Gasteiger partial charge in [0.2, 0.25) is 0 Å². The van der Waals surface area contributed by atoms with Gasteiger partial charge in [-0.05, 0) is 25.5 Å². The number of rotatable bonds is 4. The lowest BCUT2D eigenvalue weighted by molar-refractivity contribution is -0.115. The molecule has 0 radical (unpaired) electrons. The molecule has 1 rings (SSSR count). The SMILES string of the molecule is CCC(C)(C=O)Cc1ccc(C)o1. The number of furan rings is 1. The van der Waals surface area contributed by atoms with Crippen molar-refractivity contribution < 1.29 is 9.21 Å². The van der Waals surface area contributed by atoms with Crippen molar-refractivity contribution in [3.63, 3.8) is 0 Å². The van der Waals surface area contributed by atoms with Crippen LogP contribution in [0.3, 0.4) is 0 Å². The topological polar surface area (TPSA) is 30.2 Å². The molecule has 0 aliphatic heterocycles. The number of carbonyl (C=O) groups excluding carboxylic acids is 1. The maximum atomic E-state index is 10.8.